The molecule has 0 fully saturated rings. The van der Waals surface area contributed by atoms with Crippen LogP contribution in [0.15, 0.2) is 46.2 Å². The van der Waals surface area contributed by atoms with E-state index < -0.39 is 0 Å². The number of fused-ring (bicyclic) bond motifs is 1. The van der Waals surface area contributed by atoms with Crippen LogP contribution in [-0.2, 0) is 4.79 Å². The summed E-state index contributed by atoms with van der Waals surface area (Å²) in [6.45, 7) is 5.85. The smallest absolute Gasteiger partial charge is 0.257 e. The van der Waals surface area contributed by atoms with Gasteiger partial charge in [0, 0.05) is 12.1 Å². The van der Waals surface area contributed by atoms with Crippen molar-refractivity contribution in [3.63, 3.8) is 0 Å². The van der Waals surface area contributed by atoms with Crippen LogP contribution in [0.2, 0.25) is 0 Å². The van der Waals surface area contributed by atoms with E-state index in [4.69, 9.17) is 4.42 Å². The van der Waals surface area contributed by atoms with Gasteiger partial charge in [0.2, 0.25) is 5.91 Å². The number of benzene rings is 1. The number of thioether (sulfide) groups is 1. The monoisotopic (exact) mass is 330 g/mol. The van der Waals surface area contributed by atoms with Crippen LogP contribution >= 0.6 is 11.8 Å². The van der Waals surface area contributed by atoms with Crippen LogP contribution in [0.5, 0.6) is 0 Å². The first kappa shape index (κ1) is 15.6. The van der Waals surface area contributed by atoms with E-state index in [9.17, 15) is 4.79 Å². The maximum atomic E-state index is 12.4. The Balaban J connectivity index is 1.68. The average molecular weight is 330 g/mol. The number of hydrogen-bond acceptors (Lipinski definition) is 5. The zero-order valence-corrected chi connectivity index (χ0v) is 14.0. The molecular weight excluding hydrogens is 312 g/mol. The van der Waals surface area contributed by atoms with Crippen LogP contribution in [0.1, 0.15) is 26.8 Å². The van der Waals surface area contributed by atoms with E-state index in [1.165, 1.54) is 11.8 Å². The number of carbonyl (C=O) groups excluding carboxylic acids is 1. The molecule has 2 heterocycles. The lowest BCUT2D eigenvalue weighted by molar-refractivity contribution is -0.115. The largest absolute Gasteiger partial charge is 0.431 e. The molecule has 1 atom stereocenters. The third-order valence-electron chi connectivity index (χ3n) is 3.33. The van der Waals surface area contributed by atoms with E-state index in [0.29, 0.717) is 11.0 Å². The van der Waals surface area contributed by atoms with Crippen molar-refractivity contribution in [2.75, 3.05) is 5.32 Å². The Kier molecular flexibility index (Phi) is 4.38. The molecule has 0 aliphatic heterocycles. The molecule has 0 bridgehead atoms. The highest BCUT2D eigenvalue weighted by Crippen LogP contribution is 2.27. The summed E-state index contributed by atoms with van der Waals surface area (Å²) in [6.07, 6.45) is 1.67. The van der Waals surface area contributed by atoms with E-state index in [1.807, 2.05) is 45.0 Å². The molecule has 0 spiro atoms. The normalized spacial score (nSPS) is 12.7. The van der Waals surface area contributed by atoms with Crippen molar-refractivity contribution in [2.45, 2.75) is 37.3 Å². The van der Waals surface area contributed by atoms with Gasteiger partial charge in [-0.3, -0.25) is 4.79 Å². The van der Waals surface area contributed by atoms with Gasteiger partial charge in [-0.25, -0.2) is 9.67 Å². The van der Waals surface area contributed by atoms with Crippen molar-refractivity contribution in [1.29, 1.82) is 0 Å². The van der Waals surface area contributed by atoms with Gasteiger partial charge in [-0.1, -0.05) is 23.9 Å². The van der Waals surface area contributed by atoms with Crippen molar-refractivity contribution >= 4 is 34.6 Å². The fourth-order valence-corrected chi connectivity index (χ4v) is 2.92. The van der Waals surface area contributed by atoms with Gasteiger partial charge in [0.05, 0.1) is 11.4 Å². The maximum Gasteiger partial charge on any atom is 0.257 e. The second kappa shape index (κ2) is 6.45. The second-order valence-corrected chi connectivity index (χ2v) is 6.74. The first-order valence-corrected chi connectivity index (χ1v) is 8.29. The van der Waals surface area contributed by atoms with Gasteiger partial charge in [-0.15, -0.1) is 0 Å². The third kappa shape index (κ3) is 3.39. The number of para-hydroxylation sites is 2. The molecule has 2 aromatic heterocycles. The van der Waals surface area contributed by atoms with E-state index >= 15 is 0 Å². The Morgan fingerprint density at radius 1 is 1.26 bits per heavy atom. The van der Waals surface area contributed by atoms with Gasteiger partial charge in [-0.05, 0) is 32.9 Å². The molecule has 0 aliphatic rings. The maximum absolute atomic E-state index is 12.4. The molecule has 7 heteroatoms. The fraction of sp³-hybridized carbons (Fsp3) is 0.312. The fourth-order valence-electron chi connectivity index (χ4n) is 2.16. The van der Waals surface area contributed by atoms with Crippen LogP contribution in [0.3, 0.4) is 0 Å². The summed E-state index contributed by atoms with van der Waals surface area (Å²) in [5.74, 6) is 0.578. The number of nitrogens with zero attached hydrogens (tertiary/aromatic N) is 3. The summed E-state index contributed by atoms with van der Waals surface area (Å²) in [7, 11) is 0. The molecule has 1 N–H and O–H groups in total. The first-order chi connectivity index (χ1) is 11.0. The summed E-state index contributed by atoms with van der Waals surface area (Å²) in [5.41, 5.74) is 1.51. The molecule has 0 saturated heterocycles. The zero-order valence-electron chi connectivity index (χ0n) is 13.2. The van der Waals surface area contributed by atoms with E-state index in [-0.39, 0.29) is 17.2 Å². The van der Waals surface area contributed by atoms with Gasteiger partial charge in [-0.2, -0.15) is 5.10 Å². The minimum Gasteiger partial charge on any atom is -0.431 e. The Morgan fingerprint density at radius 3 is 2.78 bits per heavy atom. The topological polar surface area (TPSA) is 73.0 Å². The summed E-state index contributed by atoms with van der Waals surface area (Å²) >= 11 is 1.29. The molecule has 0 saturated carbocycles. The van der Waals surface area contributed by atoms with Crippen LogP contribution in [0, 0.1) is 0 Å². The predicted octanol–water partition coefficient (Wildman–Crippen LogP) is 3.72. The number of amides is 1. The van der Waals surface area contributed by atoms with Gasteiger partial charge in [0.15, 0.2) is 5.58 Å². The summed E-state index contributed by atoms with van der Waals surface area (Å²) in [4.78, 5) is 16.7. The van der Waals surface area contributed by atoms with E-state index in [0.717, 1.165) is 11.1 Å². The van der Waals surface area contributed by atoms with Crippen LogP contribution in [-0.4, -0.2) is 25.9 Å². The lowest BCUT2D eigenvalue weighted by atomic mass is 10.3. The van der Waals surface area contributed by atoms with E-state index in [1.54, 1.807) is 16.9 Å². The van der Waals surface area contributed by atoms with Gasteiger partial charge < -0.3 is 9.73 Å². The third-order valence-corrected chi connectivity index (χ3v) is 4.28. The first-order valence-electron chi connectivity index (χ1n) is 7.41. The Morgan fingerprint density at radius 2 is 2.04 bits per heavy atom. The molecule has 0 radical (unpaired) electrons. The number of rotatable bonds is 5. The van der Waals surface area contributed by atoms with Crippen molar-refractivity contribution in [1.82, 2.24) is 14.8 Å². The van der Waals surface area contributed by atoms with Crippen molar-refractivity contribution in [2.24, 2.45) is 0 Å². The number of anilines is 1. The predicted molar refractivity (Wildman–Crippen MR) is 90.6 cm³/mol. The van der Waals surface area contributed by atoms with Crippen molar-refractivity contribution < 1.29 is 9.21 Å². The molecule has 1 unspecified atom stereocenters. The number of oxazole rings is 1. The van der Waals surface area contributed by atoms with Gasteiger partial charge >= 0.3 is 0 Å². The van der Waals surface area contributed by atoms with Crippen LogP contribution < -0.4 is 5.32 Å². The van der Waals surface area contributed by atoms with Crippen LogP contribution in [0.25, 0.3) is 11.1 Å². The average Bonchev–Trinajstić information content (AvgIpc) is 3.12. The Labute approximate surface area is 138 Å². The lowest BCUT2D eigenvalue weighted by Crippen LogP contribution is -2.24. The molecule has 0 aliphatic carbocycles. The molecule has 1 amide bonds. The van der Waals surface area contributed by atoms with Crippen LogP contribution in [0.4, 0.5) is 5.82 Å². The van der Waals surface area contributed by atoms with Crippen molar-refractivity contribution in [3.8, 4) is 0 Å². The molecule has 1 aromatic carbocycles. The highest BCUT2D eigenvalue weighted by Gasteiger charge is 2.19. The second-order valence-electron chi connectivity index (χ2n) is 5.45. The molecule has 6 nitrogen and oxygen atoms in total. The molecule has 120 valence electrons. The molecular formula is C16H18N4O2S. The van der Waals surface area contributed by atoms with Gasteiger partial charge in [0.25, 0.3) is 5.22 Å². The minimum absolute atomic E-state index is 0.111. The molecule has 3 aromatic rings. The summed E-state index contributed by atoms with van der Waals surface area (Å²) in [5, 5.41) is 7.26. The molecule has 23 heavy (non-hydrogen) atoms. The number of nitrogens with one attached hydrogen (secondary N) is 1. The van der Waals surface area contributed by atoms with Crippen molar-refractivity contribution in [3.05, 3.63) is 36.5 Å². The Hall–Kier alpha value is -2.28. The zero-order chi connectivity index (χ0) is 16.4. The summed E-state index contributed by atoms with van der Waals surface area (Å²) in [6, 6.07) is 9.51. The van der Waals surface area contributed by atoms with Gasteiger partial charge in [0.1, 0.15) is 11.3 Å². The number of aromatic nitrogens is 3. The minimum atomic E-state index is -0.335. The quantitative estimate of drug-likeness (QED) is 0.722. The standard InChI is InChI=1S/C16H18N4O2S/c1-10(2)20-14(8-9-17-20)19-15(21)11(3)23-16-18-12-6-4-5-7-13(12)22-16/h4-11H,1-3H3,(H,19,21). The number of carbonyl (C=O) groups is 1. The highest BCUT2D eigenvalue weighted by molar-refractivity contribution is 8.00. The number of hydrogen-bond donors (Lipinski definition) is 1. The van der Waals surface area contributed by atoms with E-state index in [2.05, 4.69) is 15.4 Å². The SMILES string of the molecule is CC(Sc1nc2ccccc2o1)C(=O)Nc1ccnn1C(C)C. The Bertz CT molecular complexity index is 791. The lowest BCUT2D eigenvalue weighted by Gasteiger charge is -2.13. The highest BCUT2D eigenvalue weighted by atomic mass is 32.2. The molecule has 3 rings (SSSR count). The summed E-state index contributed by atoms with van der Waals surface area (Å²) < 4.78 is 7.41.